The van der Waals surface area contributed by atoms with Gasteiger partial charge in [-0.15, -0.1) is 0 Å². The monoisotopic (exact) mass is 453 g/mol. The van der Waals surface area contributed by atoms with Crippen molar-refractivity contribution >= 4 is 18.0 Å². The summed E-state index contributed by atoms with van der Waals surface area (Å²) in [6.45, 7) is 2.37. The van der Waals surface area contributed by atoms with Crippen molar-refractivity contribution in [1.29, 1.82) is 0 Å². The number of carbonyl (C=O) groups is 3. The zero-order chi connectivity index (χ0) is 24.0. The molecule has 0 fully saturated rings. The average molecular weight is 454 g/mol. The van der Waals surface area contributed by atoms with Gasteiger partial charge in [0.1, 0.15) is 12.6 Å². The summed E-state index contributed by atoms with van der Waals surface area (Å²) in [5.74, 6) is -1.92. The van der Waals surface area contributed by atoms with Crippen LogP contribution in [0.15, 0.2) is 48.5 Å². The maximum atomic E-state index is 12.3. The number of carbonyl (C=O) groups excluding carboxylic acids is 2. The summed E-state index contributed by atoms with van der Waals surface area (Å²) in [7, 11) is 3.48. The van der Waals surface area contributed by atoms with Crippen molar-refractivity contribution in [3.05, 3.63) is 59.7 Å². The second-order valence-corrected chi connectivity index (χ2v) is 8.60. The summed E-state index contributed by atoms with van der Waals surface area (Å²) in [6.07, 6.45) is -0.176. The number of hydrogen-bond donors (Lipinski definition) is 3. The van der Waals surface area contributed by atoms with Gasteiger partial charge in [-0.05, 0) is 42.8 Å². The quantitative estimate of drug-likeness (QED) is 0.511. The molecule has 1 aliphatic carbocycles. The fourth-order valence-electron chi connectivity index (χ4n) is 4.04. The van der Waals surface area contributed by atoms with Gasteiger partial charge in [-0.25, -0.2) is 9.59 Å². The molecule has 3 rings (SSSR count). The molecule has 1 aliphatic rings. The highest BCUT2D eigenvalue weighted by molar-refractivity contribution is 5.85. The summed E-state index contributed by atoms with van der Waals surface area (Å²) < 4.78 is 5.49. The molecule has 0 aromatic heterocycles. The van der Waals surface area contributed by atoms with Crippen LogP contribution in [0.4, 0.5) is 4.79 Å². The third-order valence-electron chi connectivity index (χ3n) is 5.80. The van der Waals surface area contributed by atoms with Crippen LogP contribution in [0.25, 0.3) is 11.1 Å². The number of nitrogens with zero attached hydrogens (tertiary/aromatic N) is 1. The molecule has 2 aromatic rings. The number of ether oxygens (including phenoxy) is 1. The molecule has 0 spiro atoms. The van der Waals surface area contributed by atoms with Gasteiger partial charge < -0.3 is 25.4 Å². The Morgan fingerprint density at radius 3 is 2.15 bits per heavy atom. The molecule has 0 bridgehead atoms. The first-order valence-electron chi connectivity index (χ1n) is 11.0. The topological polar surface area (TPSA) is 108 Å². The predicted molar refractivity (Wildman–Crippen MR) is 125 cm³/mol. The van der Waals surface area contributed by atoms with E-state index in [-0.39, 0.29) is 31.5 Å². The van der Waals surface area contributed by atoms with Crippen molar-refractivity contribution < 1.29 is 24.2 Å². The molecule has 3 N–H and O–H groups in total. The maximum Gasteiger partial charge on any atom is 0.407 e. The Labute approximate surface area is 193 Å². The van der Waals surface area contributed by atoms with E-state index in [1.54, 1.807) is 25.9 Å². The zero-order valence-corrected chi connectivity index (χ0v) is 19.2. The van der Waals surface area contributed by atoms with Crippen LogP contribution in [0.3, 0.4) is 0 Å². The normalized spacial score (nSPS) is 14.2. The lowest BCUT2D eigenvalue weighted by Gasteiger charge is -2.21. The summed E-state index contributed by atoms with van der Waals surface area (Å²) in [6, 6.07) is 15.3. The lowest BCUT2D eigenvalue weighted by molar-refractivity contribution is -0.142. The maximum absolute atomic E-state index is 12.3. The van der Waals surface area contributed by atoms with Crippen LogP contribution in [0.5, 0.6) is 0 Å². The van der Waals surface area contributed by atoms with Crippen molar-refractivity contribution in [2.75, 3.05) is 33.8 Å². The van der Waals surface area contributed by atoms with Crippen LogP contribution in [0.1, 0.15) is 30.4 Å². The van der Waals surface area contributed by atoms with E-state index in [1.807, 2.05) is 24.3 Å². The van der Waals surface area contributed by atoms with Gasteiger partial charge in [0, 0.05) is 24.9 Å². The van der Waals surface area contributed by atoms with Gasteiger partial charge >= 0.3 is 12.1 Å². The Morgan fingerprint density at radius 2 is 1.61 bits per heavy atom. The van der Waals surface area contributed by atoms with Crippen LogP contribution in [0.2, 0.25) is 0 Å². The summed E-state index contributed by atoms with van der Waals surface area (Å²) in [5.41, 5.74) is 4.61. The fraction of sp³-hybridized carbons (Fsp3) is 0.400. The molecule has 0 radical (unpaired) electrons. The molecule has 2 atom stereocenters. The van der Waals surface area contributed by atoms with Gasteiger partial charge in [-0.1, -0.05) is 55.5 Å². The lowest BCUT2D eigenvalue weighted by Crippen LogP contribution is -2.48. The van der Waals surface area contributed by atoms with Gasteiger partial charge in [0.15, 0.2) is 0 Å². The minimum atomic E-state index is -1.08. The average Bonchev–Trinajstić information content (AvgIpc) is 3.10. The number of benzene rings is 2. The highest BCUT2D eigenvalue weighted by Gasteiger charge is 2.29. The summed E-state index contributed by atoms with van der Waals surface area (Å²) in [4.78, 5) is 37.6. The van der Waals surface area contributed by atoms with Crippen molar-refractivity contribution in [1.82, 2.24) is 15.5 Å². The number of likely N-dealkylation sites (N-methyl/N-ethyl adjacent to an activating group) is 1. The van der Waals surface area contributed by atoms with Gasteiger partial charge in [-0.2, -0.15) is 0 Å². The Morgan fingerprint density at radius 1 is 1.03 bits per heavy atom. The van der Waals surface area contributed by atoms with Crippen molar-refractivity contribution in [3.63, 3.8) is 0 Å². The van der Waals surface area contributed by atoms with Crippen LogP contribution in [-0.2, 0) is 14.3 Å². The van der Waals surface area contributed by atoms with E-state index in [1.165, 1.54) is 0 Å². The Bertz CT molecular complexity index is 962. The molecule has 2 amide bonds. The zero-order valence-electron chi connectivity index (χ0n) is 19.2. The Kier molecular flexibility index (Phi) is 8.06. The number of nitrogens with one attached hydrogen (secondary N) is 2. The van der Waals surface area contributed by atoms with Gasteiger partial charge in [0.05, 0.1) is 0 Å². The molecule has 0 heterocycles. The number of carboxylic acid groups (broad SMARTS) is 1. The standard InChI is InChI=1S/C25H31N3O5/c1-16(23(29)27-22(24(30)31)14-28(2)3)12-13-26-25(32)33-15-21-19-10-6-4-8-17(19)18-9-5-7-11-20(18)21/h4-11,16,21-22H,12-15H2,1-3H3,(H,26,32)(H,27,29)(H,30,31)/t16?,22-/m0/s1. The van der Waals surface area contributed by atoms with Crippen molar-refractivity contribution in [3.8, 4) is 11.1 Å². The number of rotatable bonds is 10. The van der Waals surface area contributed by atoms with E-state index in [9.17, 15) is 19.5 Å². The Balaban J connectivity index is 1.46. The molecular weight excluding hydrogens is 422 g/mol. The van der Waals surface area contributed by atoms with Gasteiger partial charge in [0.25, 0.3) is 0 Å². The van der Waals surface area contributed by atoms with E-state index in [2.05, 4.69) is 34.9 Å². The third kappa shape index (κ3) is 6.10. The van der Waals surface area contributed by atoms with Crippen LogP contribution in [0, 0.1) is 5.92 Å². The summed E-state index contributed by atoms with van der Waals surface area (Å²) >= 11 is 0. The fourth-order valence-corrected chi connectivity index (χ4v) is 4.04. The SMILES string of the molecule is CC(CCNC(=O)OCC1c2ccccc2-c2ccccc21)C(=O)N[C@@H](CN(C)C)C(=O)O. The molecule has 2 aromatic carbocycles. The van der Waals surface area contributed by atoms with E-state index < -0.39 is 24.0 Å². The minimum Gasteiger partial charge on any atom is -0.480 e. The highest BCUT2D eigenvalue weighted by atomic mass is 16.5. The number of alkyl carbamates (subject to hydrolysis) is 1. The largest absolute Gasteiger partial charge is 0.480 e. The van der Waals surface area contributed by atoms with Gasteiger partial charge in [0.2, 0.25) is 5.91 Å². The second-order valence-electron chi connectivity index (χ2n) is 8.60. The van der Waals surface area contributed by atoms with Crippen molar-refractivity contribution in [2.45, 2.75) is 25.3 Å². The van der Waals surface area contributed by atoms with E-state index in [0.717, 1.165) is 22.3 Å². The van der Waals surface area contributed by atoms with E-state index >= 15 is 0 Å². The van der Waals surface area contributed by atoms with Crippen LogP contribution < -0.4 is 10.6 Å². The smallest absolute Gasteiger partial charge is 0.407 e. The predicted octanol–water partition coefficient (Wildman–Crippen LogP) is 2.68. The van der Waals surface area contributed by atoms with E-state index in [0.29, 0.717) is 6.42 Å². The molecule has 8 nitrogen and oxygen atoms in total. The lowest BCUT2D eigenvalue weighted by atomic mass is 9.98. The van der Waals surface area contributed by atoms with Crippen LogP contribution >= 0.6 is 0 Å². The molecule has 1 unspecified atom stereocenters. The first-order valence-corrected chi connectivity index (χ1v) is 11.0. The third-order valence-corrected chi connectivity index (χ3v) is 5.80. The number of amides is 2. The molecule has 8 heteroatoms. The second kappa shape index (κ2) is 11.0. The number of carboxylic acids is 1. The molecule has 0 aliphatic heterocycles. The number of fused-ring (bicyclic) bond motifs is 3. The van der Waals surface area contributed by atoms with Crippen molar-refractivity contribution in [2.24, 2.45) is 5.92 Å². The first kappa shape index (κ1) is 24.3. The highest BCUT2D eigenvalue weighted by Crippen LogP contribution is 2.44. The van der Waals surface area contributed by atoms with Crippen LogP contribution in [-0.4, -0.2) is 67.8 Å². The molecule has 33 heavy (non-hydrogen) atoms. The molecule has 176 valence electrons. The first-order chi connectivity index (χ1) is 15.8. The molecule has 0 saturated carbocycles. The molecule has 0 saturated heterocycles. The summed E-state index contributed by atoms with van der Waals surface area (Å²) in [5, 5.41) is 14.5. The number of hydrogen-bond acceptors (Lipinski definition) is 5. The van der Waals surface area contributed by atoms with E-state index in [4.69, 9.17) is 4.74 Å². The molecular formula is C25H31N3O5. The van der Waals surface area contributed by atoms with Gasteiger partial charge in [-0.3, -0.25) is 4.79 Å². The Hall–Kier alpha value is -3.39. The minimum absolute atomic E-state index is 0.0162. The number of aliphatic carboxylic acids is 1.